The number of nitrogens with two attached hydrogens (primary N) is 1. The van der Waals surface area contributed by atoms with Gasteiger partial charge in [-0.15, -0.1) is 0 Å². The summed E-state index contributed by atoms with van der Waals surface area (Å²) in [5.41, 5.74) is 8.23. The molecule has 2 unspecified atom stereocenters. The van der Waals surface area contributed by atoms with Crippen LogP contribution in [0.3, 0.4) is 0 Å². The van der Waals surface area contributed by atoms with E-state index in [9.17, 15) is 4.79 Å². The highest BCUT2D eigenvalue weighted by atomic mass is 16.5. The molecule has 2 aromatic carbocycles. The van der Waals surface area contributed by atoms with Gasteiger partial charge in [0.25, 0.3) is 0 Å². The van der Waals surface area contributed by atoms with E-state index in [0.717, 1.165) is 29.7 Å². The summed E-state index contributed by atoms with van der Waals surface area (Å²) in [6.45, 7) is 5.19. The molecule has 0 spiro atoms. The minimum atomic E-state index is -0.432. The van der Waals surface area contributed by atoms with Gasteiger partial charge in [-0.05, 0) is 35.6 Å². The molecule has 0 aliphatic heterocycles. The van der Waals surface area contributed by atoms with Gasteiger partial charge in [0, 0.05) is 6.54 Å². The van der Waals surface area contributed by atoms with E-state index < -0.39 is 6.04 Å². The Bertz CT molecular complexity index is 641. The molecule has 2 rings (SSSR count). The molecule has 2 aromatic rings. The van der Waals surface area contributed by atoms with E-state index in [4.69, 9.17) is 10.5 Å². The number of amides is 1. The van der Waals surface area contributed by atoms with Gasteiger partial charge in [-0.2, -0.15) is 0 Å². The summed E-state index contributed by atoms with van der Waals surface area (Å²) in [4.78, 5) is 12.0. The Balaban J connectivity index is 1.74. The van der Waals surface area contributed by atoms with Gasteiger partial charge in [0.05, 0.1) is 6.04 Å². The molecule has 3 N–H and O–H groups in total. The summed E-state index contributed by atoms with van der Waals surface area (Å²) >= 11 is 0. The van der Waals surface area contributed by atoms with Gasteiger partial charge >= 0.3 is 0 Å². The van der Waals surface area contributed by atoms with Crippen LogP contribution in [0.5, 0.6) is 5.75 Å². The minimum absolute atomic E-state index is 0.0721. The van der Waals surface area contributed by atoms with E-state index in [1.807, 2.05) is 68.4 Å². The van der Waals surface area contributed by atoms with Crippen molar-refractivity contribution in [2.24, 2.45) is 11.7 Å². The fourth-order valence-corrected chi connectivity index (χ4v) is 2.45. The molecular formula is C21H28N2O2. The van der Waals surface area contributed by atoms with Crippen LogP contribution in [0.2, 0.25) is 0 Å². The summed E-state index contributed by atoms with van der Waals surface area (Å²) < 4.78 is 5.77. The van der Waals surface area contributed by atoms with Crippen LogP contribution in [0.25, 0.3) is 0 Å². The predicted molar refractivity (Wildman–Crippen MR) is 101 cm³/mol. The average molecular weight is 340 g/mol. The standard InChI is InChI=1S/C21H28N2O2/c1-3-16(2)20(22)21(24)23-14-13-17-9-11-19(12-10-17)25-15-18-7-5-4-6-8-18/h4-12,16,20H,3,13-15,22H2,1-2H3,(H,23,24). The monoisotopic (exact) mass is 340 g/mol. The lowest BCUT2D eigenvalue weighted by atomic mass is 9.99. The Morgan fingerprint density at radius 1 is 1.08 bits per heavy atom. The number of ether oxygens (including phenoxy) is 1. The summed E-state index contributed by atoms with van der Waals surface area (Å²) in [6, 6.07) is 17.6. The van der Waals surface area contributed by atoms with Crippen molar-refractivity contribution < 1.29 is 9.53 Å². The van der Waals surface area contributed by atoms with Gasteiger partial charge in [0.1, 0.15) is 12.4 Å². The van der Waals surface area contributed by atoms with Crippen LogP contribution in [-0.4, -0.2) is 18.5 Å². The minimum Gasteiger partial charge on any atom is -0.489 e. The number of hydrogen-bond acceptors (Lipinski definition) is 3. The predicted octanol–water partition coefficient (Wildman–Crippen LogP) is 3.30. The average Bonchev–Trinajstić information content (AvgIpc) is 2.66. The van der Waals surface area contributed by atoms with Gasteiger partial charge in [-0.25, -0.2) is 0 Å². The Morgan fingerprint density at radius 3 is 2.40 bits per heavy atom. The second kappa shape index (κ2) is 9.84. The van der Waals surface area contributed by atoms with E-state index in [-0.39, 0.29) is 11.8 Å². The zero-order chi connectivity index (χ0) is 18.1. The van der Waals surface area contributed by atoms with Crippen LogP contribution >= 0.6 is 0 Å². The van der Waals surface area contributed by atoms with Crippen LogP contribution in [0, 0.1) is 5.92 Å². The molecule has 0 saturated carbocycles. The summed E-state index contributed by atoms with van der Waals surface area (Å²) in [5, 5.41) is 2.91. The molecule has 4 heteroatoms. The fourth-order valence-electron chi connectivity index (χ4n) is 2.45. The van der Waals surface area contributed by atoms with Crippen molar-refractivity contribution >= 4 is 5.91 Å². The first-order chi connectivity index (χ1) is 12.1. The van der Waals surface area contributed by atoms with Gasteiger partial charge in [0.15, 0.2) is 0 Å². The number of hydrogen-bond donors (Lipinski definition) is 2. The molecule has 0 aromatic heterocycles. The molecule has 0 fully saturated rings. The number of nitrogens with one attached hydrogen (secondary N) is 1. The highest BCUT2D eigenvalue weighted by Gasteiger charge is 2.18. The molecule has 0 bridgehead atoms. The van der Waals surface area contributed by atoms with Crippen molar-refractivity contribution in [3.05, 3.63) is 65.7 Å². The zero-order valence-electron chi connectivity index (χ0n) is 15.1. The first-order valence-corrected chi connectivity index (χ1v) is 8.89. The molecule has 0 saturated heterocycles. The summed E-state index contributed by atoms with van der Waals surface area (Å²) in [5.74, 6) is 0.966. The van der Waals surface area contributed by atoms with E-state index >= 15 is 0 Å². The highest BCUT2D eigenvalue weighted by Crippen LogP contribution is 2.14. The topological polar surface area (TPSA) is 64.4 Å². The van der Waals surface area contributed by atoms with Crippen LogP contribution in [-0.2, 0) is 17.8 Å². The van der Waals surface area contributed by atoms with Crippen LogP contribution in [0.1, 0.15) is 31.4 Å². The maximum absolute atomic E-state index is 12.0. The first kappa shape index (κ1) is 19.0. The number of carbonyl (C=O) groups is 1. The second-order valence-corrected chi connectivity index (χ2v) is 6.37. The molecule has 0 aliphatic carbocycles. The third-order valence-electron chi connectivity index (χ3n) is 4.44. The number of carbonyl (C=O) groups excluding carboxylic acids is 1. The van der Waals surface area contributed by atoms with E-state index in [2.05, 4.69) is 5.32 Å². The number of benzene rings is 2. The molecule has 0 heterocycles. The molecule has 1 amide bonds. The third kappa shape index (κ3) is 6.24. The first-order valence-electron chi connectivity index (χ1n) is 8.89. The Morgan fingerprint density at radius 2 is 1.76 bits per heavy atom. The molecule has 2 atom stereocenters. The molecule has 134 valence electrons. The lowest BCUT2D eigenvalue weighted by Gasteiger charge is -2.17. The molecular weight excluding hydrogens is 312 g/mol. The van der Waals surface area contributed by atoms with Gasteiger partial charge in [-0.3, -0.25) is 4.79 Å². The van der Waals surface area contributed by atoms with Gasteiger partial charge in [0.2, 0.25) is 5.91 Å². The van der Waals surface area contributed by atoms with Crippen molar-refractivity contribution in [2.45, 2.75) is 39.3 Å². The summed E-state index contributed by atoms with van der Waals surface area (Å²) in [6.07, 6.45) is 1.68. The van der Waals surface area contributed by atoms with Crippen molar-refractivity contribution in [2.75, 3.05) is 6.54 Å². The fraction of sp³-hybridized carbons (Fsp3) is 0.381. The Hall–Kier alpha value is -2.33. The van der Waals surface area contributed by atoms with Gasteiger partial charge in [-0.1, -0.05) is 62.7 Å². The lowest BCUT2D eigenvalue weighted by Crippen LogP contribution is -2.45. The van der Waals surface area contributed by atoms with Crippen molar-refractivity contribution in [1.82, 2.24) is 5.32 Å². The zero-order valence-corrected chi connectivity index (χ0v) is 15.1. The Kier molecular flexibility index (Phi) is 7.48. The SMILES string of the molecule is CCC(C)C(N)C(=O)NCCc1ccc(OCc2ccccc2)cc1. The smallest absolute Gasteiger partial charge is 0.237 e. The van der Waals surface area contributed by atoms with Crippen LogP contribution in [0.15, 0.2) is 54.6 Å². The second-order valence-electron chi connectivity index (χ2n) is 6.37. The third-order valence-corrected chi connectivity index (χ3v) is 4.44. The Labute approximate surface area is 150 Å². The van der Waals surface area contributed by atoms with Gasteiger partial charge < -0.3 is 15.8 Å². The normalized spacial score (nSPS) is 13.1. The maximum Gasteiger partial charge on any atom is 0.237 e. The van der Waals surface area contributed by atoms with E-state index in [0.29, 0.717) is 13.2 Å². The molecule has 25 heavy (non-hydrogen) atoms. The highest BCUT2D eigenvalue weighted by molar-refractivity contribution is 5.81. The lowest BCUT2D eigenvalue weighted by molar-refractivity contribution is -0.123. The largest absolute Gasteiger partial charge is 0.489 e. The van der Waals surface area contributed by atoms with Crippen molar-refractivity contribution in [3.63, 3.8) is 0 Å². The summed E-state index contributed by atoms with van der Waals surface area (Å²) in [7, 11) is 0. The van der Waals surface area contributed by atoms with E-state index in [1.54, 1.807) is 0 Å². The van der Waals surface area contributed by atoms with Crippen molar-refractivity contribution in [1.29, 1.82) is 0 Å². The van der Waals surface area contributed by atoms with Crippen LogP contribution < -0.4 is 15.8 Å². The van der Waals surface area contributed by atoms with Crippen molar-refractivity contribution in [3.8, 4) is 5.75 Å². The molecule has 0 radical (unpaired) electrons. The van der Waals surface area contributed by atoms with Crippen LogP contribution in [0.4, 0.5) is 0 Å². The maximum atomic E-state index is 12.0. The quantitative estimate of drug-likeness (QED) is 0.736. The molecule has 4 nitrogen and oxygen atoms in total. The molecule has 0 aliphatic rings. The number of rotatable bonds is 9. The van der Waals surface area contributed by atoms with E-state index in [1.165, 1.54) is 0 Å².